The first-order valence-corrected chi connectivity index (χ1v) is 6.14. The zero-order valence-corrected chi connectivity index (χ0v) is 9.99. The summed E-state index contributed by atoms with van der Waals surface area (Å²) in [6, 6.07) is 1.35. The van der Waals surface area contributed by atoms with Gasteiger partial charge in [-0.3, -0.25) is 15.3 Å². The van der Waals surface area contributed by atoms with Crippen LogP contribution in [0.3, 0.4) is 0 Å². The lowest BCUT2D eigenvalue weighted by Crippen LogP contribution is -2.35. The molecule has 0 radical (unpaired) electrons. The second-order valence-corrected chi connectivity index (χ2v) is 5.20. The van der Waals surface area contributed by atoms with Gasteiger partial charge in [0, 0.05) is 6.20 Å². The maximum atomic E-state index is 11.7. The van der Waals surface area contributed by atoms with Gasteiger partial charge in [-0.15, -0.1) is 11.8 Å². The van der Waals surface area contributed by atoms with E-state index in [-0.39, 0.29) is 12.4 Å². The van der Waals surface area contributed by atoms with E-state index in [2.05, 4.69) is 4.98 Å². The molecule has 1 aliphatic rings. The Morgan fingerprint density at radius 3 is 2.67 bits per heavy atom. The normalized spacial score (nSPS) is 31.6. The molecule has 1 aliphatic heterocycles. The summed E-state index contributed by atoms with van der Waals surface area (Å²) in [4.78, 5) is 15.2. The molecule has 8 nitrogen and oxygen atoms in total. The molecule has 2 heterocycles. The molecule has 5 N–H and O–H groups in total. The molecular weight excluding hydrogens is 262 g/mol. The summed E-state index contributed by atoms with van der Waals surface area (Å²) in [5.41, 5.74) is 1.07. The van der Waals surface area contributed by atoms with Gasteiger partial charge in [0.05, 0.1) is 18.0 Å². The summed E-state index contributed by atoms with van der Waals surface area (Å²) in [5, 5.41) is 35.9. The molecule has 18 heavy (non-hydrogen) atoms. The van der Waals surface area contributed by atoms with Crippen molar-refractivity contribution < 1.29 is 20.5 Å². The number of aliphatic hydroxyl groups excluding tert-OH is 3. The van der Waals surface area contributed by atoms with Gasteiger partial charge in [0.2, 0.25) is 0 Å². The third kappa shape index (κ3) is 2.22. The van der Waals surface area contributed by atoms with Gasteiger partial charge in [-0.05, 0) is 6.07 Å². The van der Waals surface area contributed by atoms with Gasteiger partial charge in [0.1, 0.15) is 11.5 Å². The van der Waals surface area contributed by atoms with E-state index in [1.54, 1.807) is 5.48 Å². The molecule has 0 bridgehead atoms. The van der Waals surface area contributed by atoms with Crippen LogP contribution in [0.2, 0.25) is 0 Å². The predicted octanol–water partition coefficient (Wildman–Crippen LogP) is -1.63. The van der Waals surface area contributed by atoms with E-state index >= 15 is 0 Å². The Balaban J connectivity index is 2.30. The van der Waals surface area contributed by atoms with Crippen molar-refractivity contribution in [3.8, 4) is 0 Å². The summed E-state index contributed by atoms with van der Waals surface area (Å²) in [7, 11) is 0. The van der Waals surface area contributed by atoms with Crippen LogP contribution in [-0.4, -0.2) is 54.1 Å². The average molecular weight is 275 g/mol. The molecule has 0 saturated carbocycles. The fraction of sp³-hybridized carbons (Fsp3) is 0.556. The van der Waals surface area contributed by atoms with Crippen LogP contribution in [0.1, 0.15) is 5.37 Å². The molecule has 9 heteroatoms. The smallest absolute Gasteiger partial charge is 0.350 e. The van der Waals surface area contributed by atoms with Crippen LogP contribution in [0.5, 0.6) is 0 Å². The zero-order chi connectivity index (χ0) is 13.3. The highest BCUT2D eigenvalue weighted by molar-refractivity contribution is 8.00. The maximum Gasteiger partial charge on any atom is 0.350 e. The first-order valence-electron chi connectivity index (χ1n) is 5.20. The Bertz CT molecular complexity index is 482. The molecule has 100 valence electrons. The Labute approximate surface area is 106 Å². The molecule has 4 atom stereocenters. The Hall–Kier alpha value is -1.13. The quantitative estimate of drug-likeness (QED) is 0.416. The van der Waals surface area contributed by atoms with Crippen LogP contribution in [-0.2, 0) is 0 Å². The van der Waals surface area contributed by atoms with Crippen LogP contribution in [0.4, 0.5) is 5.82 Å². The molecule has 2 rings (SSSR count). The van der Waals surface area contributed by atoms with Gasteiger partial charge in [-0.2, -0.15) is 4.98 Å². The average Bonchev–Trinajstić information content (AvgIpc) is 2.66. The van der Waals surface area contributed by atoms with E-state index in [0.717, 1.165) is 16.3 Å². The van der Waals surface area contributed by atoms with E-state index in [1.165, 1.54) is 12.3 Å². The largest absolute Gasteiger partial charge is 0.395 e. The van der Waals surface area contributed by atoms with Crippen molar-refractivity contribution in [3.63, 3.8) is 0 Å². The first kappa shape index (κ1) is 13.3. The van der Waals surface area contributed by atoms with Crippen LogP contribution in [0, 0.1) is 0 Å². The minimum Gasteiger partial charge on any atom is -0.395 e. The standard InChI is InChI=1S/C9H13N3O5S/c13-3-4-6(14)7(15)8(18-4)12-2-1-5(11-17)10-9(12)16/h1-2,4,6-8,13-15,17H,3H2,(H,10,11,16). The van der Waals surface area contributed by atoms with Crippen molar-refractivity contribution >= 4 is 17.6 Å². The monoisotopic (exact) mass is 275 g/mol. The van der Waals surface area contributed by atoms with Gasteiger partial charge >= 0.3 is 5.69 Å². The number of hydrogen-bond acceptors (Lipinski definition) is 8. The van der Waals surface area contributed by atoms with Crippen molar-refractivity contribution in [1.82, 2.24) is 9.55 Å². The van der Waals surface area contributed by atoms with E-state index in [9.17, 15) is 15.0 Å². The van der Waals surface area contributed by atoms with Gasteiger partial charge in [0.25, 0.3) is 0 Å². The van der Waals surface area contributed by atoms with Gasteiger partial charge in [-0.25, -0.2) is 4.79 Å². The Kier molecular flexibility index (Phi) is 3.88. The van der Waals surface area contributed by atoms with Gasteiger partial charge in [-0.1, -0.05) is 0 Å². The number of aromatic nitrogens is 2. The SMILES string of the molecule is O=c1nc(NO)ccn1C1SC(CO)C(O)C1O. The van der Waals surface area contributed by atoms with Crippen LogP contribution in [0.15, 0.2) is 17.1 Å². The molecule has 0 aromatic carbocycles. The minimum absolute atomic E-state index is 0.00649. The third-order valence-electron chi connectivity index (χ3n) is 2.74. The topological polar surface area (TPSA) is 128 Å². The fourth-order valence-corrected chi connectivity index (χ4v) is 3.16. The van der Waals surface area contributed by atoms with Crippen LogP contribution >= 0.6 is 11.8 Å². The lowest BCUT2D eigenvalue weighted by atomic mass is 10.1. The lowest BCUT2D eigenvalue weighted by Gasteiger charge is -2.17. The molecule has 1 aromatic heterocycles. The number of rotatable bonds is 3. The Morgan fingerprint density at radius 2 is 2.17 bits per heavy atom. The number of hydrogen-bond donors (Lipinski definition) is 5. The van der Waals surface area contributed by atoms with E-state index in [4.69, 9.17) is 10.3 Å². The highest BCUT2D eigenvalue weighted by atomic mass is 32.2. The van der Waals surface area contributed by atoms with Crippen molar-refractivity contribution in [2.45, 2.75) is 22.8 Å². The third-order valence-corrected chi connectivity index (χ3v) is 4.30. The lowest BCUT2D eigenvalue weighted by molar-refractivity contribution is 0.0101. The zero-order valence-electron chi connectivity index (χ0n) is 9.17. The number of thioether (sulfide) groups is 1. The summed E-state index contributed by atoms with van der Waals surface area (Å²) < 4.78 is 1.15. The molecule has 0 spiro atoms. The molecular formula is C9H13N3O5S. The Morgan fingerprint density at radius 1 is 1.44 bits per heavy atom. The fourth-order valence-electron chi connectivity index (χ4n) is 1.78. The van der Waals surface area contributed by atoms with E-state index in [1.807, 2.05) is 0 Å². The van der Waals surface area contributed by atoms with Crippen molar-refractivity contribution in [2.75, 3.05) is 12.1 Å². The summed E-state index contributed by atoms with van der Waals surface area (Å²) in [5.74, 6) is -0.00649. The molecule has 0 aliphatic carbocycles. The van der Waals surface area contributed by atoms with Crippen molar-refractivity contribution in [1.29, 1.82) is 0 Å². The number of anilines is 1. The molecule has 1 aromatic rings. The first-order chi connectivity index (χ1) is 8.58. The second-order valence-electron chi connectivity index (χ2n) is 3.84. The van der Waals surface area contributed by atoms with E-state index in [0.29, 0.717) is 0 Å². The van der Waals surface area contributed by atoms with Gasteiger partial charge < -0.3 is 15.3 Å². The molecule has 0 amide bonds. The van der Waals surface area contributed by atoms with Gasteiger partial charge in [0.15, 0.2) is 5.82 Å². The van der Waals surface area contributed by atoms with E-state index < -0.39 is 28.5 Å². The molecule has 4 unspecified atom stereocenters. The predicted molar refractivity (Wildman–Crippen MR) is 63.4 cm³/mol. The van der Waals surface area contributed by atoms with Crippen LogP contribution < -0.4 is 11.2 Å². The number of aliphatic hydroxyl groups is 3. The van der Waals surface area contributed by atoms with Crippen LogP contribution in [0.25, 0.3) is 0 Å². The molecule has 1 fully saturated rings. The number of nitrogens with zero attached hydrogens (tertiary/aromatic N) is 2. The summed E-state index contributed by atoms with van der Waals surface area (Å²) in [6.45, 7) is -0.294. The maximum absolute atomic E-state index is 11.7. The highest BCUT2D eigenvalue weighted by Gasteiger charge is 2.43. The minimum atomic E-state index is -1.17. The summed E-state index contributed by atoms with van der Waals surface area (Å²) >= 11 is 1.10. The highest BCUT2D eigenvalue weighted by Crippen LogP contribution is 2.40. The van der Waals surface area contributed by atoms with Crippen molar-refractivity contribution in [3.05, 3.63) is 22.7 Å². The molecule has 1 saturated heterocycles. The summed E-state index contributed by atoms with van der Waals surface area (Å²) in [6.07, 6.45) is -0.923. The number of nitrogens with one attached hydrogen (secondary N) is 1. The van der Waals surface area contributed by atoms with Crippen molar-refractivity contribution in [2.24, 2.45) is 0 Å². The second kappa shape index (κ2) is 5.24.